The number of aliphatic hydroxyl groups excluding tert-OH is 1. The van der Waals surface area contributed by atoms with Crippen LogP contribution in [-0.2, 0) is 0 Å². The molecule has 0 saturated carbocycles. The molecule has 1 aromatic rings. The molecule has 0 spiro atoms. The smallest absolute Gasteiger partial charge is 0.0894 e. The van der Waals surface area contributed by atoms with Crippen molar-refractivity contribution >= 4 is 11.3 Å². The first kappa shape index (κ1) is 5.30. The van der Waals surface area contributed by atoms with E-state index in [9.17, 15) is 5.11 Å². The molecule has 1 heterocycles. The summed E-state index contributed by atoms with van der Waals surface area (Å²) in [7, 11) is 0. The van der Waals surface area contributed by atoms with E-state index in [2.05, 4.69) is 5.32 Å². The fraction of sp³-hybridized carbons (Fsp3) is 0.500. The normalized spacial score (nSPS) is 18.5. The van der Waals surface area contributed by atoms with E-state index in [0.29, 0.717) is 6.42 Å². The van der Waals surface area contributed by atoms with Gasteiger partial charge in [-0.15, -0.1) is 11.3 Å². The Bertz CT molecular complexity index is 260. The first-order chi connectivity index (χ1) is 6.49. The van der Waals surface area contributed by atoms with E-state index in [4.69, 9.17) is 4.11 Å². The molecule has 2 nitrogen and oxygen atoms in total. The van der Waals surface area contributed by atoms with Gasteiger partial charge in [-0.2, -0.15) is 0 Å². The molecule has 0 fully saturated rings. The van der Waals surface area contributed by atoms with Crippen LogP contribution in [0.3, 0.4) is 0 Å². The molecule has 0 aromatic carbocycles. The van der Waals surface area contributed by atoms with Gasteiger partial charge in [0.25, 0.3) is 0 Å². The summed E-state index contributed by atoms with van der Waals surface area (Å²) in [5.41, 5.74) is 0. The third-order valence-corrected chi connectivity index (χ3v) is 2.39. The number of aliphatic hydroxyl groups is 1. The van der Waals surface area contributed by atoms with Crippen molar-refractivity contribution < 1.29 is 9.22 Å². The van der Waals surface area contributed by atoms with Crippen LogP contribution in [0, 0.1) is 0 Å². The number of hydrogen-bond donors (Lipinski definition) is 2. The second kappa shape index (κ2) is 4.49. The van der Waals surface area contributed by atoms with Crippen molar-refractivity contribution in [2.45, 2.75) is 12.5 Å². The third kappa shape index (κ3) is 2.61. The number of hydrogen-bond acceptors (Lipinski definition) is 3. The third-order valence-electron chi connectivity index (χ3n) is 1.41. The van der Waals surface area contributed by atoms with Crippen molar-refractivity contribution in [1.29, 1.82) is 0 Å². The monoisotopic (exact) mass is 174 g/mol. The quantitative estimate of drug-likeness (QED) is 0.723. The average Bonchev–Trinajstić information content (AvgIpc) is 2.53. The minimum absolute atomic E-state index is 0.287. The highest BCUT2D eigenvalue weighted by atomic mass is 32.1. The Morgan fingerprint density at radius 2 is 2.82 bits per heavy atom. The molecule has 3 heteroatoms. The molecule has 1 atom stereocenters. The van der Waals surface area contributed by atoms with E-state index in [1.807, 2.05) is 17.5 Å². The zero-order valence-corrected chi connectivity index (χ0v) is 6.90. The van der Waals surface area contributed by atoms with Crippen molar-refractivity contribution in [3.8, 4) is 0 Å². The van der Waals surface area contributed by atoms with E-state index >= 15 is 0 Å². The van der Waals surface area contributed by atoms with Crippen LogP contribution < -0.4 is 5.32 Å². The molecule has 0 radical (unpaired) electrons. The maximum Gasteiger partial charge on any atom is 0.0894 e. The number of nitrogens with one attached hydrogen (secondary N) is 1. The van der Waals surface area contributed by atoms with Gasteiger partial charge in [-0.1, -0.05) is 6.07 Å². The Morgan fingerprint density at radius 1 is 1.91 bits per heavy atom. The number of thiophene rings is 1. The molecule has 2 N–H and O–H groups in total. The van der Waals surface area contributed by atoms with Gasteiger partial charge >= 0.3 is 0 Å². The van der Waals surface area contributed by atoms with Crippen molar-refractivity contribution in [2.75, 3.05) is 13.5 Å². The van der Waals surface area contributed by atoms with Gasteiger partial charge in [0.15, 0.2) is 0 Å². The lowest BCUT2D eigenvalue weighted by Gasteiger charge is -2.06. The lowest BCUT2D eigenvalue weighted by molar-refractivity contribution is 0.171. The highest BCUT2D eigenvalue weighted by Crippen LogP contribution is 2.20. The van der Waals surface area contributed by atoms with Gasteiger partial charge < -0.3 is 10.4 Å². The molecule has 11 heavy (non-hydrogen) atoms. The van der Waals surface area contributed by atoms with Gasteiger partial charge in [-0.05, 0) is 31.4 Å². The Balaban J connectivity index is 2.26. The molecule has 62 valence electrons. The average molecular weight is 174 g/mol. The van der Waals surface area contributed by atoms with Crippen molar-refractivity contribution in [1.82, 2.24) is 5.32 Å². The van der Waals surface area contributed by atoms with Gasteiger partial charge in [0.05, 0.1) is 6.10 Å². The highest BCUT2D eigenvalue weighted by Gasteiger charge is 2.06. The molecule has 1 rings (SSSR count). The maximum atomic E-state index is 9.59. The summed E-state index contributed by atoms with van der Waals surface area (Å²) >= 11 is 1.47. The second-order valence-electron chi connectivity index (χ2n) is 2.25. The summed E-state index contributed by atoms with van der Waals surface area (Å²) in [5, 5.41) is 13.8. The molecule has 0 aliphatic rings. The van der Waals surface area contributed by atoms with E-state index < -0.39 is 13.1 Å². The first-order valence-electron chi connectivity index (χ1n) is 4.95. The van der Waals surface area contributed by atoms with Crippen molar-refractivity contribution in [3.63, 3.8) is 0 Å². The van der Waals surface area contributed by atoms with Crippen LogP contribution in [-0.4, -0.2) is 18.6 Å². The topological polar surface area (TPSA) is 32.3 Å². The van der Waals surface area contributed by atoms with E-state index in [0.717, 1.165) is 4.88 Å². The molecule has 0 aliphatic carbocycles. The second-order valence-corrected chi connectivity index (χ2v) is 3.23. The molecular formula is C8H13NOS. The molecule has 0 aliphatic heterocycles. The van der Waals surface area contributed by atoms with Crippen LogP contribution >= 0.6 is 11.3 Å². The predicted octanol–water partition coefficient (Wildman–Crippen LogP) is 1.39. The summed E-state index contributed by atoms with van der Waals surface area (Å²) in [5.74, 6) is 0. The highest BCUT2D eigenvalue weighted by molar-refractivity contribution is 7.10. The Labute approximate surface area is 75.1 Å². The Hall–Kier alpha value is -0.380. The van der Waals surface area contributed by atoms with Gasteiger partial charge in [0.2, 0.25) is 0 Å². The summed E-state index contributed by atoms with van der Waals surface area (Å²) < 4.78 is 20.7. The Kier molecular flexibility index (Phi) is 2.16. The lowest BCUT2D eigenvalue weighted by Crippen LogP contribution is -2.11. The van der Waals surface area contributed by atoms with Crippen molar-refractivity contribution in [3.05, 3.63) is 22.4 Å². The Morgan fingerprint density at radius 3 is 3.45 bits per heavy atom. The molecule has 0 saturated heterocycles. The SMILES string of the molecule is [2H]C([2H])([2H])NCCC(O)c1cccs1. The molecule has 1 aromatic heterocycles. The largest absolute Gasteiger partial charge is 0.388 e. The first-order valence-corrected chi connectivity index (χ1v) is 4.33. The fourth-order valence-corrected chi connectivity index (χ4v) is 1.58. The van der Waals surface area contributed by atoms with E-state index in [-0.39, 0.29) is 6.54 Å². The summed E-state index contributed by atoms with van der Waals surface area (Å²) in [6.07, 6.45) is -0.149. The van der Waals surface area contributed by atoms with Gasteiger partial charge in [0.1, 0.15) is 0 Å². The summed E-state index contributed by atoms with van der Waals surface area (Å²) in [6, 6.07) is 3.70. The van der Waals surface area contributed by atoms with Crippen LogP contribution in [0.2, 0.25) is 0 Å². The molecular weight excluding hydrogens is 158 g/mol. The minimum atomic E-state index is -2.12. The summed E-state index contributed by atoms with van der Waals surface area (Å²) in [4.78, 5) is 0.873. The van der Waals surface area contributed by atoms with E-state index in [1.54, 1.807) is 0 Å². The van der Waals surface area contributed by atoms with Crippen LogP contribution in [0.15, 0.2) is 17.5 Å². The van der Waals surface area contributed by atoms with Gasteiger partial charge in [0, 0.05) is 8.99 Å². The van der Waals surface area contributed by atoms with Crippen LogP contribution in [0.1, 0.15) is 21.5 Å². The van der Waals surface area contributed by atoms with Gasteiger partial charge in [-0.25, -0.2) is 0 Å². The summed E-state index contributed by atoms with van der Waals surface area (Å²) in [6.45, 7) is -1.83. The van der Waals surface area contributed by atoms with Crippen LogP contribution in [0.5, 0.6) is 0 Å². The van der Waals surface area contributed by atoms with Gasteiger partial charge in [-0.3, -0.25) is 0 Å². The van der Waals surface area contributed by atoms with Crippen LogP contribution in [0.4, 0.5) is 0 Å². The lowest BCUT2D eigenvalue weighted by atomic mass is 10.2. The predicted molar refractivity (Wildman–Crippen MR) is 47.8 cm³/mol. The fourth-order valence-electron chi connectivity index (χ4n) is 0.832. The van der Waals surface area contributed by atoms with E-state index in [1.165, 1.54) is 11.3 Å². The zero-order chi connectivity index (χ0) is 10.6. The van der Waals surface area contributed by atoms with Crippen molar-refractivity contribution in [2.24, 2.45) is 0 Å². The number of rotatable bonds is 4. The zero-order valence-electron chi connectivity index (χ0n) is 9.08. The standard InChI is InChI=1S/C8H13NOS/c1-9-5-4-7(10)8-3-2-6-11-8/h2-3,6-7,9-10H,4-5H2,1H3/i1D3. The van der Waals surface area contributed by atoms with Crippen LogP contribution in [0.25, 0.3) is 0 Å². The molecule has 0 amide bonds. The molecule has 0 bridgehead atoms. The molecule has 1 unspecified atom stereocenters. The minimum Gasteiger partial charge on any atom is -0.388 e. The maximum absolute atomic E-state index is 9.59.